The molecular formula is C23H24N2OS. The summed E-state index contributed by atoms with van der Waals surface area (Å²) < 4.78 is 0. The molecule has 0 saturated carbocycles. The van der Waals surface area contributed by atoms with Gasteiger partial charge in [0.05, 0.1) is 6.04 Å². The number of carbonyl (C=O) groups is 1. The predicted octanol–water partition coefficient (Wildman–Crippen LogP) is 4.57. The van der Waals surface area contributed by atoms with Gasteiger partial charge in [-0.25, -0.2) is 0 Å². The molecule has 1 fully saturated rings. The van der Waals surface area contributed by atoms with E-state index in [2.05, 4.69) is 52.0 Å². The third-order valence-corrected chi connectivity index (χ3v) is 7.00. The zero-order chi connectivity index (χ0) is 18.2. The summed E-state index contributed by atoms with van der Waals surface area (Å²) in [5, 5.41) is 7.78. The Labute approximate surface area is 164 Å². The summed E-state index contributed by atoms with van der Waals surface area (Å²) in [6.07, 6.45) is 4.69. The lowest BCUT2D eigenvalue weighted by Crippen LogP contribution is -2.36. The van der Waals surface area contributed by atoms with Gasteiger partial charge in [-0.3, -0.25) is 9.69 Å². The van der Waals surface area contributed by atoms with Crippen molar-refractivity contribution in [2.45, 2.75) is 31.7 Å². The summed E-state index contributed by atoms with van der Waals surface area (Å²) in [6.45, 7) is 2.92. The Bertz CT molecular complexity index is 963. The van der Waals surface area contributed by atoms with Gasteiger partial charge >= 0.3 is 0 Å². The molecule has 0 radical (unpaired) electrons. The van der Waals surface area contributed by atoms with E-state index in [4.69, 9.17) is 0 Å². The van der Waals surface area contributed by atoms with E-state index in [1.54, 1.807) is 11.3 Å². The Kier molecular flexibility index (Phi) is 4.46. The molecule has 0 spiro atoms. The average Bonchev–Trinajstić information content (AvgIpc) is 3.45. The van der Waals surface area contributed by atoms with Crippen LogP contribution in [0.25, 0.3) is 10.8 Å². The molecule has 1 aliphatic heterocycles. The SMILES string of the molecule is O=C(NCC(c1cccs1)N1CCCC1)c1ccc2c3c(cccc13)CC2. The van der Waals surface area contributed by atoms with Crippen molar-refractivity contribution in [1.29, 1.82) is 0 Å². The van der Waals surface area contributed by atoms with E-state index in [1.165, 1.54) is 34.2 Å². The van der Waals surface area contributed by atoms with Gasteiger partial charge in [0.1, 0.15) is 0 Å². The van der Waals surface area contributed by atoms with E-state index in [0.717, 1.165) is 36.9 Å². The maximum atomic E-state index is 13.1. The standard InChI is InChI=1S/C23H24N2OS/c26-23(19-11-10-17-9-8-16-5-3-6-18(19)22(16)17)24-15-20(21-7-4-14-27-21)25-12-1-2-13-25/h3-7,10-11,14,20H,1-2,8-9,12-13,15H2,(H,24,26). The van der Waals surface area contributed by atoms with E-state index >= 15 is 0 Å². The Morgan fingerprint density at radius 2 is 1.85 bits per heavy atom. The fourth-order valence-electron chi connectivity index (χ4n) is 4.67. The first-order valence-electron chi connectivity index (χ1n) is 9.90. The predicted molar refractivity (Wildman–Crippen MR) is 112 cm³/mol. The molecule has 1 aromatic heterocycles. The highest BCUT2D eigenvalue weighted by Crippen LogP contribution is 2.33. The average molecular weight is 377 g/mol. The first-order valence-corrected chi connectivity index (χ1v) is 10.8. The fraction of sp³-hybridized carbons (Fsp3) is 0.348. The van der Waals surface area contributed by atoms with E-state index in [0.29, 0.717) is 6.54 Å². The summed E-state index contributed by atoms with van der Waals surface area (Å²) in [4.78, 5) is 16.9. The largest absolute Gasteiger partial charge is 0.350 e. The molecule has 2 heterocycles. The zero-order valence-electron chi connectivity index (χ0n) is 15.4. The molecule has 4 heteroatoms. The molecule has 3 nitrogen and oxygen atoms in total. The normalized spacial score (nSPS) is 17.5. The number of likely N-dealkylation sites (tertiary alicyclic amines) is 1. The molecule has 2 aliphatic rings. The Hall–Kier alpha value is -2.17. The summed E-state index contributed by atoms with van der Waals surface area (Å²) in [5.74, 6) is 0.0475. The molecule has 0 bridgehead atoms. The van der Waals surface area contributed by atoms with Crippen LogP contribution in [0.15, 0.2) is 47.8 Å². The van der Waals surface area contributed by atoms with Gasteiger partial charge in [0, 0.05) is 17.0 Å². The van der Waals surface area contributed by atoms with Gasteiger partial charge in [0.25, 0.3) is 5.91 Å². The number of benzene rings is 2. The van der Waals surface area contributed by atoms with Crippen molar-refractivity contribution in [3.8, 4) is 0 Å². The van der Waals surface area contributed by atoms with Crippen molar-refractivity contribution in [2.24, 2.45) is 0 Å². The van der Waals surface area contributed by atoms with Crippen molar-refractivity contribution in [1.82, 2.24) is 10.2 Å². The number of hydrogen-bond donors (Lipinski definition) is 1. The third kappa shape index (κ3) is 3.07. The number of thiophene rings is 1. The second kappa shape index (κ2) is 7.10. The number of nitrogens with zero attached hydrogens (tertiary/aromatic N) is 1. The van der Waals surface area contributed by atoms with Gasteiger partial charge in [0.15, 0.2) is 0 Å². The van der Waals surface area contributed by atoms with Gasteiger partial charge in [0.2, 0.25) is 0 Å². The van der Waals surface area contributed by atoms with Crippen LogP contribution in [0.3, 0.4) is 0 Å². The molecule has 1 N–H and O–H groups in total. The lowest BCUT2D eigenvalue weighted by atomic mass is 9.99. The Morgan fingerprint density at radius 1 is 1.04 bits per heavy atom. The number of carbonyl (C=O) groups excluding carboxylic acids is 1. The smallest absolute Gasteiger partial charge is 0.251 e. The van der Waals surface area contributed by atoms with Crippen molar-refractivity contribution in [2.75, 3.05) is 19.6 Å². The van der Waals surface area contributed by atoms with Crippen LogP contribution in [0.4, 0.5) is 0 Å². The van der Waals surface area contributed by atoms with Crippen molar-refractivity contribution in [3.63, 3.8) is 0 Å². The van der Waals surface area contributed by atoms with Crippen molar-refractivity contribution < 1.29 is 4.79 Å². The van der Waals surface area contributed by atoms with Crippen LogP contribution in [-0.2, 0) is 12.8 Å². The van der Waals surface area contributed by atoms with E-state index in [1.807, 2.05) is 6.07 Å². The van der Waals surface area contributed by atoms with Crippen molar-refractivity contribution in [3.05, 3.63) is 69.4 Å². The van der Waals surface area contributed by atoms with E-state index < -0.39 is 0 Å². The summed E-state index contributed by atoms with van der Waals surface area (Å²) in [5.41, 5.74) is 3.57. The van der Waals surface area contributed by atoms with Gasteiger partial charge < -0.3 is 5.32 Å². The monoisotopic (exact) mass is 376 g/mol. The lowest BCUT2D eigenvalue weighted by molar-refractivity contribution is 0.0940. The summed E-state index contributed by atoms with van der Waals surface area (Å²) in [6, 6.07) is 15.1. The van der Waals surface area contributed by atoms with E-state index in [-0.39, 0.29) is 11.9 Å². The quantitative estimate of drug-likeness (QED) is 0.708. The number of amides is 1. The first-order chi connectivity index (χ1) is 13.3. The van der Waals surface area contributed by atoms with Gasteiger partial charge in [-0.15, -0.1) is 11.3 Å². The molecule has 138 valence electrons. The number of aryl methyl sites for hydroxylation is 2. The third-order valence-electron chi connectivity index (χ3n) is 6.03. The highest BCUT2D eigenvalue weighted by Gasteiger charge is 2.25. The van der Waals surface area contributed by atoms with Crippen LogP contribution in [0, 0.1) is 0 Å². The topological polar surface area (TPSA) is 32.3 Å². The fourth-order valence-corrected chi connectivity index (χ4v) is 5.53. The van der Waals surface area contributed by atoms with Crippen LogP contribution in [0.5, 0.6) is 0 Å². The molecule has 3 aromatic rings. The molecular weight excluding hydrogens is 352 g/mol. The minimum atomic E-state index is 0.0475. The number of hydrogen-bond acceptors (Lipinski definition) is 3. The van der Waals surface area contributed by atoms with Crippen LogP contribution < -0.4 is 5.32 Å². The van der Waals surface area contributed by atoms with Gasteiger partial charge in [-0.2, -0.15) is 0 Å². The molecule has 1 saturated heterocycles. The minimum Gasteiger partial charge on any atom is -0.350 e. The summed E-state index contributed by atoms with van der Waals surface area (Å²) >= 11 is 1.79. The molecule has 5 rings (SSSR count). The Balaban J connectivity index is 1.40. The number of nitrogens with one attached hydrogen (secondary N) is 1. The van der Waals surface area contributed by atoms with Gasteiger partial charge in [-0.05, 0) is 78.2 Å². The maximum absolute atomic E-state index is 13.1. The van der Waals surface area contributed by atoms with Crippen LogP contribution in [0.2, 0.25) is 0 Å². The highest BCUT2D eigenvalue weighted by molar-refractivity contribution is 7.10. The highest BCUT2D eigenvalue weighted by atomic mass is 32.1. The molecule has 2 aromatic carbocycles. The zero-order valence-corrected chi connectivity index (χ0v) is 16.2. The molecule has 1 atom stereocenters. The second-order valence-corrected chi connectivity index (χ2v) is 8.58. The Morgan fingerprint density at radius 3 is 2.63 bits per heavy atom. The molecule has 1 amide bonds. The summed E-state index contributed by atoms with van der Waals surface area (Å²) in [7, 11) is 0. The van der Waals surface area contributed by atoms with Crippen LogP contribution in [-0.4, -0.2) is 30.4 Å². The lowest BCUT2D eigenvalue weighted by Gasteiger charge is -2.27. The van der Waals surface area contributed by atoms with E-state index in [9.17, 15) is 4.79 Å². The van der Waals surface area contributed by atoms with Crippen molar-refractivity contribution >= 4 is 28.0 Å². The molecule has 1 aliphatic carbocycles. The van der Waals surface area contributed by atoms with Crippen LogP contribution >= 0.6 is 11.3 Å². The number of rotatable bonds is 5. The maximum Gasteiger partial charge on any atom is 0.251 e. The van der Waals surface area contributed by atoms with Crippen LogP contribution in [0.1, 0.15) is 45.2 Å². The second-order valence-electron chi connectivity index (χ2n) is 7.60. The van der Waals surface area contributed by atoms with Gasteiger partial charge in [-0.1, -0.05) is 30.3 Å². The minimum absolute atomic E-state index is 0.0475. The molecule has 1 unspecified atom stereocenters. The molecule has 27 heavy (non-hydrogen) atoms. The first kappa shape index (κ1) is 17.0.